The lowest BCUT2D eigenvalue weighted by atomic mass is 9.73. The van der Waals surface area contributed by atoms with Gasteiger partial charge in [-0.05, 0) is 82.8 Å². The maximum Gasteiger partial charge on any atom is 0.249 e. The van der Waals surface area contributed by atoms with E-state index in [9.17, 15) is 10.0 Å². The fourth-order valence-electron chi connectivity index (χ4n) is 5.17. The molecule has 0 spiro atoms. The lowest BCUT2D eigenvalue weighted by molar-refractivity contribution is -0.143. The molecule has 8 nitrogen and oxygen atoms in total. The summed E-state index contributed by atoms with van der Waals surface area (Å²) in [5, 5.41) is 10.3. The molecule has 10 heteroatoms. The summed E-state index contributed by atoms with van der Waals surface area (Å²) in [6, 6.07) is 5.27. The van der Waals surface area contributed by atoms with Crippen LogP contribution < -0.4 is 10.2 Å². The number of likely N-dealkylation sites (tertiary alicyclic amines) is 1. The highest BCUT2D eigenvalue weighted by Crippen LogP contribution is 2.42. The molecule has 1 aromatic carbocycles. The van der Waals surface area contributed by atoms with Gasteiger partial charge in [-0.1, -0.05) is 11.6 Å². The zero-order valence-electron chi connectivity index (χ0n) is 21.0. The number of nitrogens with zero attached hydrogens (tertiary/aromatic N) is 4. The smallest absolute Gasteiger partial charge is 0.249 e. The van der Waals surface area contributed by atoms with Gasteiger partial charge in [-0.15, -0.1) is 0 Å². The Hall–Kier alpha value is -2.88. The predicted molar refractivity (Wildman–Crippen MR) is 139 cm³/mol. The summed E-state index contributed by atoms with van der Waals surface area (Å²) in [6.07, 6.45) is 9.62. The van der Waals surface area contributed by atoms with Gasteiger partial charge in [0.05, 0.1) is 28.8 Å². The number of carbonyl (C=O) groups excluding carboxylic acids is 1. The molecule has 0 aliphatic carbocycles. The van der Waals surface area contributed by atoms with E-state index < -0.39 is 17.5 Å². The van der Waals surface area contributed by atoms with E-state index >= 15 is 4.39 Å². The van der Waals surface area contributed by atoms with E-state index in [2.05, 4.69) is 19.9 Å². The number of amides is 1. The molecule has 1 fully saturated rings. The predicted octanol–water partition coefficient (Wildman–Crippen LogP) is 5.09. The second-order valence-corrected chi connectivity index (χ2v) is 10.0. The zero-order valence-corrected chi connectivity index (χ0v) is 21.8. The summed E-state index contributed by atoms with van der Waals surface area (Å²) < 4.78 is 21.0. The number of pyridine rings is 1. The number of carbonyl (C=O) groups is 1. The molecule has 37 heavy (non-hydrogen) atoms. The maximum absolute atomic E-state index is 15.7. The van der Waals surface area contributed by atoms with Crippen molar-refractivity contribution in [3.8, 4) is 5.75 Å². The van der Waals surface area contributed by atoms with E-state index in [0.29, 0.717) is 54.6 Å². The second kappa shape index (κ2) is 12.6. The minimum atomic E-state index is -1.40. The van der Waals surface area contributed by atoms with E-state index in [4.69, 9.17) is 16.3 Å². The highest BCUT2D eigenvalue weighted by molar-refractivity contribution is 6.32. The van der Waals surface area contributed by atoms with Crippen LogP contribution in [-0.4, -0.2) is 57.7 Å². The third kappa shape index (κ3) is 6.52. The van der Waals surface area contributed by atoms with Crippen LogP contribution in [-0.2, 0) is 11.2 Å². The second-order valence-electron chi connectivity index (χ2n) is 9.63. The van der Waals surface area contributed by atoms with E-state index in [1.54, 1.807) is 43.9 Å². The largest absolute Gasteiger partial charge is 0.497 e. The standard InChI is InChI=1S/C27H33ClFN5O3/c1-37-20-5-6-24-21(16-20)25(22(28)18-32-24)23(29)7-8-27(26(35)33-36)9-14-34(15-10-27)13-3-2-4-19-17-30-11-12-31-19/h5-6,11-12,16-18,23,36H,2-4,7-10,13-15H2,1H3,(H,33,35)/t23-/m1/s1. The van der Waals surface area contributed by atoms with Crippen molar-refractivity contribution in [1.82, 2.24) is 25.3 Å². The summed E-state index contributed by atoms with van der Waals surface area (Å²) in [5.74, 6) is 0.138. The Kier molecular flexibility index (Phi) is 9.23. The van der Waals surface area contributed by atoms with Gasteiger partial charge in [-0.2, -0.15) is 0 Å². The van der Waals surface area contributed by atoms with Gasteiger partial charge < -0.3 is 9.64 Å². The molecular weight excluding hydrogens is 497 g/mol. The number of benzene rings is 1. The van der Waals surface area contributed by atoms with Gasteiger partial charge in [0, 0.05) is 35.7 Å². The zero-order chi connectivity index (χ0) is 26.3. The third-order valence-corrected chi connectivity index (χ3v) is 7.73. The van der Waals surface area contributed by atoms with Crippen LogP contribution in [0, 0.1) is 5.41 Å². The molecule has 2 N–H and O–H groups in total. The van der Waals surface area contributed by atoms with Crippen molar-refractivity contribution >= 4 is 28.4 Å². The Morgan fingerprint density at radius 2 is 2.05 bits per heavy atom. The SMILES string of the molecule is COc1ccc2ncc(Cl)c([C@H](F)CCC3(C(=O)NO)CCN(CCCCc4cnccn4)CC3)c2c1. The number of nitrogens with one attached hydrogen (secondary N) is 1. The van der Waals surface area contributed by atoms with E-state index in [-0.39, 0.29) is 11.4 Å². The van der Waals surface area contributed by atoms with Crippen molar-refractivity contribution in [2.45, 2.75) is 51.1 Å². The number of rotatable bonds is 11. The van der Waals surface area contributed by atoms with Gasteiger partial charge in [0.25, 0.3) is 0 Å². The van der Waals surface area contributed by atoms with Gasteiger partial charge in [0.2, 0.25) is 5.91 Å². The van der Waals surface area contributed by atoms with Crippen LogP contribution in [0.5, 0.6) is 5.75 Å². The van der Waals surface area contributed by atoms with Crippen LogP contribution in [0.1, 0.15) is 56.0 Å². The first-order chi connectivity index (χ1) is 18.0. The number of aryl methyl sites for hydroxylation is 1. The molecule has 3 aromatic rings. The highest BCUT2D eigenvalue weighted by Gasteiger charge is 2.41. The topological polar surface area (TPSA) is 100 Å². The first kappa shape index (κ1) is 27.2. The Morgan fingerprint density at radius 1 is 1.24 bits per heavy atom. The molecule has 4 rings (SSSR count). The Morgan fingerprint density at radius 3 is 2.76 bits per heavy atom. The average Bonchev–Trinajstić information content (AvgIpc) is 2.94. The van der Waals surface area contributed by atoms with Crippen molar-refractivity contribution in [2.75, 3.05) is 26.7 Å². The van der Waals surface area contributed by atoms with E-state index in [0.717, 1.165) is 31.5 Å². The molecule has 0 saturated carbocycles. The number of hydrogen-bond acceptors (Lipinski definition) is 7. The number of unbranched alkanes of at least 4 members (excludes halogenated alkanes) is 1. The molecule has 0 bridgehead atoms. The number of piperidine rings is 1. The molecular formula is C27H33ClFN5O3. The van der Waals surface area contributed by atoms with E-state index in [1.807, 2.05) is 5.48 Å². The number of ether oxygens (including phenoxy) is 1. The first-order valence-electron chi connectivity index (χ1n) is 12.6. The molecule has 2 aromatic heterocycles. The molecule has 1 aliphatic heterocycles. The fraction of sp³-hybridized carbons (Fsp3) is 0.481. The number of halogens is 2. The summed E-state index contributed by atoms with van der Waals surface area (Å²) >= 11 is 6.38. The van der Waals surface area contributed by atoms with Gasteiger partial charge in [0.15, 0.2) is 0 Å². The summed E-state index contributed by atoms with van der Waals surface area (Å²) in [6.45, 7) is 2.35. The lowest BCUT2D eigenvalue weighted by Crippen LogP contribution is -2.48. The Labute approximate surface area is 221 Å². The number of aromatic nitrogens is 3. The first-order valence-corrected chi connectivity index (χ1v) is 13.0. The van der Waals surface area contributed by atoms with Crippen LogP contribution in [0.4, 0.5) is 4.39 Å². The van der Waals surface area contributed by atoms with Crippen LogP contribution in [0.2, 0.25) is 5.02 Å². The molecule has 0 unspecified atom stereocenters. The molecule has 0 radical (unpaired) electrons. The normalized spacial score (nSPS) is 16.4. The van der Waals surface area contributed by atoms with Gasteiger partial charge in [-0.3, -0.25) is 25.0 Å². The van der Waals surface area contributed by atoms with Crippen molar-refractivity contribution in [1.29, 1.82) is 0 Å². The number of hydroxylamine groups is 1. The number of methoxy groups -OCH3 is 1. The fourth-order valence-corrected chi connectivity index (χ4v) is 5.44. The number of fused-ring (bicyclic) bond motifs is 1. The van der Waals surface area contributed by atoms with Crippen molar-refractivity contribution in [3.05, 3.63) is 59.3 Å². The average molecular weight is 530 g/mol. The molecule has 1 atom stereocenters. The molecule has 1 amide bonds. The minimum absolute atomic E-state index is 0.0988. The van der Waals surface area contributed by atoms with Gasteiger partial charge >= 0.3 is 0 Å². The minimum Gasteiger partial charge on any atom is -0.497 e. The summed E-state index contributed by atoms with van der Waals surface area (Å²) in [7, 11) is 1.55. The number of alkyl halides is 1. The van der Waals surface area contributed by atoms with Crippen molar-refractivity contribution in [2.24, 2.45) is 5.41 Å². The molecule has 1 saturated heterocycles. The Bertz CT molecular complexity index is 1190. The maximum atomic E-state index is 15.7. The van der Waals surface area contributed by atoms with Crippen LogP contribution in [0.15, 0.2) is 43.0 Å². The van der Waals surface area contributed by atoms with Crippen LogP contribution in [0.25, 0.3) is 10.9 Å². The molecule has 198 valence electrons. The quantitative estimate of drug-likeness (QED) is 0.203. The van der Waals surface area contributed by atoms with Gasteiger partial charge in [-0.25, -0.2) is 9.87 Å². The lowest BCUT2D eigenvalue weighted by Gasteiger charge is -2.40. The summed E-state index contributed by atoms with van der Waals surface area (Å²) in [5.41, 5.74) is 2.97. The Balaban J connectivity index is 1.36. The molecule has 3 heterocycles. The van der Waals surface area contributed by atoms with Crippen molar-refractivity contribution in [3.63, 3.8) is 0 Å². The van der Waals surface area contributed by atoms with Crippen LogP contribution in [0.3, 0.4) is 0 Å². The van der Waals surface area contributed by atoms with Gasteiger partial charge in [0.1, 0.15) is 11.9 Å². The van der Waals surface area contributed by atoms with Crippen molar-refractivity contribution < 1.29 is 19.1 Å². The third-order valence-electron chi connectivity index (χ3n) is 7.43. The molecule has 1 aliphatic rings. The highest BCUT2D eigenvalue weighted by atomic mass is 35.5. The van der Waals surface area contributed by atoms with Crippen LogP contribution >= 0.6 is 11.6 Å². The summed E-state index contributed by atoms with van der Waals surface area (Å²) in [4.78, 5) is 27.8. The van der Waals surface area contributed by atoms with E-state index in [1.165, 1.54) is 6.20 Å². The number of hydrogen-bond donors (Lipinski definition) is 2. The monoisotopic (exact) mass is 529 g/mol.